The Kier molecular flexibility index (Phi) is 5.97. The lowest BCUT2D eigenvalue weighted by molar-refractivity contribution is -0.125. The fraction of sp³-hybridized carbons (Fsp3) is 0.286. The molecule has 1 saturated heterocycles. The van der Waals surface area contributed by atoms with E-state index >= 15 is 0 Å². The van der Waals surface area contributed by atoms with Crippen molar-refractivity contribution in [2.24, 2.45) is 0 Å². The number of rotatable bonds is 6. The average molecular weight is 446 g/mol. The molecule has 4 rings (SSSR count). The molecule has 31 heavy (non-hydrogen) atoms. The highest BCUT2D eigenvalue weighted by atomic mass is 35.5. The Labute approximate surface area is 183 Å². The third kappa shape index (κ3) is 4.42. The predicted octanol–water partition coefficient (Wildman–Crippen LogP) is 2.35. The number of carbonyl (C=O) groups excluding carboxylic acids is 3. The number of amides is 4. The van der Waals surface area contributed by atoms with Gasteiger partial charge in [0.25, 0.3) is 5.91 Å². The number of carbonyl (C=O) groups is 3. The van der Waals surface area contributed by atoms with Gasteiger partial charge in [-0.05, 0) is 36.4 Å². The van der Waals surface area contributed by atoms with E-state index in [9.17, 15) is 14.4 Å². The number of benzene rings is 2. The SMILES string of the molecule is COc1ccc(N2C(=O)N[C@@H](CC(=O)NCc3cc(Cl)cc4c3OCOC4)C2=O)cc1. The molecule has 1 fully saturated rings. The Bertz CT molecular complexity index is 1030. The van der Waals surface area contributed by atoms with Gasteiger partial charge in [0.05, 0.1) is 25.8 Å². The minimum atomic E-state index is -0.951. The molecule has 0 unspecified atom stereocenters. The smallest absolute Gasteiger partial charge is 0.329 e. The van der Waals surface area contributed by atoms with Gasteiger partial charge in [0.1, 0.15) is 17.5 Å². The third-order valence-electron chi connectivity index (χ3n) is 4.97. The summed E-state index contributed by atoms with van der Waals surface area (Å²) in [7, 11) is 1.52. The van der Waals surface area contributed by atoms with E-state index < -0.39 is 23.9 Å². The number of hydrogen-bond acceptors (Lipinski definition) is 6. The van der Waals surface area contributed by atoms with Crippen molar-refractivity contribution in [1.82, 2.24) is 10.6 Å². The molecule has 2 aromatic carbocycles. The van der Waals surface area contributed by atoms with E-state index in [4.69, 9.17) is 25.8 Å². The van der Waals surface area contributed by atoms with Gasteiger partial charge >= 0.3 is 6.03 Å². The molecule has 0 aromatic heterocycles. The highest BCUT2D eigenvalue weighted by Crippen LogP contribution is 2.31. The van der Waals surface area contributed by atoms with Crippen LogP contribution in [0.3, 0.4) is 0 Å². The molecule has 4 amide bonds. The van der Waals surface area contributed by atoms with Gasteiger partial charge in [-0.3, -0.25) is 9.59 Å². The van der Waals surface area contributed by atoms with Crippen molar-refractivity contribution in [3.05, 3.63) is 52.5 Å². The molecule has 0 saturated carbocycles. The van der Waals surface area contributed by atoms with Crippen LogP contribution in [0.15, 0.2) is 36.4 Å². The number of anilines is 1. The van der Waals surface area contributed by atoms with E-state index in [1.54, 1.807) is 36.4 Å². The summed E-state index contributed by atoms with van der Waals surface area (Å²) in [6.07, 6.45) is -0.191. The van der Waals surface area contributed by atoms with Gasteiger partial charge in [-0.2, -0.15) is 0 Å². The maximum atomic E-state index is 12.7. The van der Waals surface area contributed by atoms with Gasteiger partial charge in [0.2, 0.25) is 5.91 Å². The van der Waals surface area contributed by atoms with E-state index in [-0.39, 0.29) is 19.8 Å². The highest BCUT2D eigenvalue weighted by Gasteiger charge is 2.40. The predicted molar refractivity (Wildman–Crippen MR) is 111 cm³/mol. The Morgan fingerprint density at radius 3 is 2.81 bits per heavy atom. The molecule has 2 aliphatic rings. The highest BCUT2D eigenvalue weighted by molar-refractivity contribution is 6.30. The van der Waals surface area contributed by atoms with Crippen molar-refractivity contribution in [3.63, 3.8) is 0 Å². The molecule has 0 aliphatic carbocycles. The number of urea groups is 1. The minimum absolute atomic E-state index is 0.124. The van der Waals surface area contributed by atoms with Crippen LogP contribution < -0.4 is 25.0 Å². The molecular formula is C21H20ClN3O6. The minimum Gasteiger partial charge on any atom is -0.497 e. The first-order valence-electron chi connectivity index (χ1n) is 9.53. The monoisotopic (exact) mass is 445 g/mol. The number of halogens is 1. The quantitative estimate of drug-likeness (QED) is 0.661. The first-order valence-corrected chi connectivity index (χ1v) is 9.91. The van der Waals surface area contributed by atoms with Crippen molar-refractivity contribution in [1.29, 1.82) is 0 Å². The number of methoxy groups -OCH3 is 1. The lowest BCUT2D eigenvalue weighted by Gasteiger charge is -2.21. The van der Waals surface area contributed by atoms with Crippen molar-refractivity contribution in [2.45, 2.75) is 25.6 Å². The Morgan fingerprint density at radius 2 is 2.06 bits per heavy atom. The summed E-state index contributed by atoms with van der Waals surface area (Å²) in [4.78, 5) is 38.5. The summed E-state index contributed by atoms with van der Waals surface area (Å²) < 4.78 is 15.9. The molecule has 162 valence electrons. The summed E-state index contributed by atoms with van der Waals surface area (Å²) in [6, 6.07) is 8.43. The van der Waals surface area contributed by atoms with Crippen LogP contribution >= 0.6 is 11.6 Å². The number of ether oxygens (including phenoxy) is 3. The zero-order valence-electron chi connectivity index (χ0n) is 16.6. The maximum Gasteiger partial charge on any atom is 0.329 e. The summed E-state index contributed by atoms with van der Waals surface area (Å²) >= 11 is 6.13. The van der Waals surface area contributed by atoms with Crippen LogP contribution in [-0.4, -0.2) is 37.8 Å². The zero-order chi connectivity index (χ0) is 22.0. The second kappa shape index (κ2) is 8.83. The molecule has 2 aliphatic heterocycles. The van der Waals surface area contributed by atoms with Crippen LogP contribution in [0.5, 0.6) is 11.5 Å². The average Bonchev–Trinajstić information content (AvgIpc) is 3.04. The van der Waals surface area contributed by atoms with Crippen LogP contribution in [0.1, 0.15) is 17.5 Å². The van der Waals surface area contributed by atoms with E-state index in [1.807, 2.05) is 0 Å². The number of imide groups is 1. The number of hydrogen-bond donors (Lipinski definition) is 2. The van der Waals surface area contributed by atoms with Crippen molar-refractivity contribution in [2.75, 3.05) is 18.8 Å². The molecule has 0 radical (unpaired) electrons. The molecule has 2 N–H and O–H groups in total. The standard InChI is InChI=1S/C21H20ClN3O6/c1-29-16-4-2-15(3-5-16)25-20(27)17(24-21(25)28)8-18(26)23-9-12-6-14(22)7-13-10-30-11-31-19(12)13/h2-7,17H,8-11H2,1H3,(H,23,26)(H,24,28)/t17-/m0/s1. The maximum absolute atomic E-state index is 12.7. The Morgan fingerprint density at radius 1 is 1.29 bits per heavy atom. The third-order valence-corrected chi connectivity index (χ3v) is 5.19. The summed E-state index contributed by atoms with van der Waals surface area (Å²) in [5.74, 6) is 0.347. The number of fused-ring (bicyclic) bond motifs is 1. The van der Waals surface area contributed by atoms with Crippen LogP contribution in [0, 0.1) is 0 Å². The topological polar surface area (TPSA) is 106 Å². The van der Waals surface area contributed by atoms with Crippen molar-refractivity contribution < 1.29 is 28.6 Å². The van der Waals surface area contributed by atoms with Gasteiger partial charge in [-0.15, -0.1) is 0 Å². The van der Waals surface area contributed by atoms with E-state index in [0.717, 1.165) is 10.5 Å². The molecule has 2 heterocycles. The van der Waals surface area contributed by atoms with Gasteiger partial charge < -0.3 is 24.8 Å². The van der Waals surface area contributed by atoms with Crippen LogP contribution in [0.4, 0.5) is 10.5 Å². The normalized spacial score (nSPS) is 17.6. The summed E-state index contributed by atoms with van der Waals surface area (Å²) in [5, 5.41) is 5.81. The van der Waals surface area contributed by atoms with Gasteiger partial charge in [-0.1, -0.05) is 11.6 Å². The molecule has 10 heteroatoms. The number of nitrogens with one attached hydrogen (secondary N) is 2. The van der Waals surface area contributed by atoms with Crippen molar-refractivity contribution in [3.8, 4) is 11.5 Å². The molecular weight excluding hydrogens is 426 g/mol. The van der Waals surface area contributed by atoms with Crippen LogP contribution in [0.25, 0.3) is 0 Å². The zero-order valence-corrected chi connectivity index (χ0v) is 17.4. The molecule has 1 atom stereocenters. The molecule has 2 aromatic rings. The van der Waals surface area contributed by atoms with Gasteiger partial charge in [-0.25, -0.2) is 9.69 Å². The van der Waals surface area contributed by atoms with Gasteiger partial charge in [0, 0.05) is 22.7 Å². The molecule has 0 bridgehead atoms. The first-order chi connectivity index (χ1) is 15.0. The van der Waals surface area contributed by atoms with Crippen molar-refractivity contribution >= 4 is 35.1 Å². The Hall–Kier alpha value is -3.30. The summed E-state index contributed by atoms with van der Waals surface area (Å²) in [5.41, 5.74) is 1.91. The molecule has 0 spiro atoms. The lowest BCUT2D eigenvalue weighted by atomic mass is 10.1. The fourth-order valence-corrected chi connectivity index (χ4v) is 3.75. The van der Waals surface area contributed by atoms with Crippen LogP contribution in [0.2, 0.25) is 5.02 Å². The van der Waals surface area contributed by atoms with Gasteiger partial charge in [0.15, 0.2) is 6.79 Å². The lowest BCUT2D eigenvalue weighted by Crippen LogP contribution is -2.36. The second-order valence-corrected chi connectivity index (χ2v) is 7.45. The van der Waals surface area contributed by atoms with E-state index in [2.05, 4.69) is 10.6 Å². The largest absolute Gasteiger partial charge is 0.497 e. The molecule has 9 nitrogen and oxygen atoms in total. The van der Waals surface area contributed by atoms with E-state index in [1.165, 1.54) is 7.11 Å². The van der Waals surface area contributed by atoms with Crippen LogP contribution in [-0.2, 0) is 27.5 Å². The summed E-state index contributed by atoms with van der Waals surface area (Å²) in [6.45, 7) is 0.665. The van der Waals surface area contributed by atoms with E-state index in [0.29, 0.717) is 34.4 Å². The first kappa shape index (κ1) is 21.0. The fourth-order valence-electron chi connectivity index (χ4n) is 3.48. The Balaban J connectivity index is 1.38. The second-order valence-electron chi connectivity index (χ2n) is 7.02. The number of nitrogens with zero attached hydrogens (tertiary/aromatic N) is 1.